The fourth-order valence-corrected chi connectivity index (χ4v) is 4.68. The number of nitrogens with zero attached hydrogens (tertiary/aromatic N) is 4. The van der Waals surface area contributed by atoms with Crippen LogP contribution >= 0.6 is 0 Å². The Bertz CT molecular complexity index is 922. The molecule has 0 radical (unpaired) electrons. The topological polar surface area (TPSA) is 58.4 Å². The molecule has 0 atom stereocenters. The molecule has 156 valence electrons. The number of fused-ring (bicyclic) bond motifs is 1. The van der Waals surface area contributed by atoms with E-state index in [2.05, 4.69) is 18.7 Å². The molecule has 29 heavy (non-hydrogen) atoms. The summed E-state index contributed by atoms with van der Waals surface area (Å²) in [6.45, 7) is 7.60. The van der Waals surface area contributed by atoms with Crippen LogP contribution in [0.5, 0.6) is 0 Å². The lowest BCUT2D eigenvalue weighted by molar-refractivity contribution is -0.136. The van der Waals surface area contributed by atoms with Gasteiger partial charge >= 0.3 is 0 Å². The minimum absolute atomic E-state index is 0.0237. The van der Waals surface area contributed by atoms with E-state index in [0.29, 0.717) is 50.4 Å². The molecule has 2 aliphatic rings. The van der Waals surface area contributed by atoms with Gasteiger partial charge in [0, 0.05) is 38.6 Å². The summed E-state index contributed by atoms with van der Waals surface area (Å²) in [6.07, 6.45) is 5.67. The molecule has 1 aliphatic heterocycles. The van der Waals surface area contributed by atoms with Crippen molar-refractivity contribution in [2.24, 2.45) is 11.8 Å². The van der Waals surface area contributed by atoms with Crippen LogP contribution in [0, 0.1) is 11.8 Å². The minimum atomic E-state index is -0.0237. The molecule has 1 aromatic carbocycles. The summed E-state index contributed by atoms with van der Waals surface area (Å²) >= 11 is 0. The Morgan fingerprint density at radius 3 is 2.45 bits per heavy atom. The van der Waals surface area contributed by atoms with Crippen molar-refractivity contribution in [1.82, 2.24) is 14.5 Å². The van der Waals surface area contributed by atoms with Crippen molar-refractivity contribution < 1.29 is 4.79 Å². The number of carbonyl (C=O) groups excluding carboxylic acids is 1. The van der Waals surface area contributed by atoms with E-state index in [1.54, 1.807) is 0 Å². The second-order valence-electron chi connectivity index (χ2n) is 8.88. The standard InChI is InChI=1S/C23H32N4O2/c1-17(2)16-27-20-11-7-6-10-19(20)24-21(23(27)29)25-12-14-26(15-13-25)22(28)18-8-4-3-5-9-18/h6-7,10-11,17-18H,3-5,8-9,12-16H2,1-2H3. The molecule has 4 rings (SSSR count). The van der Waals surface area contributed by atoms with Gasteiger partial charge in [0.15, 0.2) is 5.82 Å². The summed E-state index contributed by atoms with van der Waals surface area (Å²) in [5.41, 5.74) is 1.72. The van der Waals surface area contributed by atoms with E-state index >= 15 is 0 Å². The fraction of sp³-hybridized carbons (Fsp3) is 0.609. The fourth-order valence-electron chi connectivity index (χ4n) is 4.68. The number of rotatable bonds is 4. The number of benzene rings is 1. The quantitative estimate of drug-likeness (QED) is 0.796. The Kier molecular flexibility index (Phi) is 5.88. The van der Waals surface area contributed by atoms with Gasteiger partial charge in [0.2, 0.25) is 5.91 Å². The molecule has 1 aliphatic carbocycles. The molecule has 2 fully saturated rings. The van der Waals surface area contributed by atoms with Crippen molar-refractivity contribution >= 4 is 22.8 Å². The molecule has 6 nitrogen and oxygen atoms in total. The van der Waals surface area contributed by atoms with Crippen LogP contribution in [0.1, 0.15) is 46.0 Å². The second-order valence-corrected chi connectivity index (χ2v) is 8.88. The van der Waals surface area contributed by atoms with Crippen LogP contribution in [-0.4, -0.2) is 46.5 Å². The highest BCUT2D eigenvalue weighted by atomic mass is 16.2. The Balaban J connectivity index is 1.54. The third-order valence-corrected chi connectivity index (χ3v) is 6.23. The predicted molar refractivity (Wildman–Crippen MR) is 116 cm³/mol. The largest absolute Gasteiger partial charge is 0.348 e. The summed E-state index contributed by atoms with van der Waals surface area (Å²) < 4.78 is 1.86. The molecule has 0 spiro atoms. The van der Waals surface area contributed by atoms with Gasteiger partial charge in [0.25, 0.3) is 5.56 Å². The first-order valence-electron chi connectivity index (χ1n) is 11.1. The van der Waals surface area contributed by atoms with Crippen LogP contribution in [0.4, 0.5) is 5.82 Å². The van der Waals surface area contributed by atoms with E-state index in [4.69, 9.17) is 4.98 Å². The normalized spacial score (nSPS) is 18.6. The molecule has 0 N–H and O–H groups in total. The van der Waals surface area contributed by atoms with Crippen LogP contribution in [0.2, 0.25) is 0 Å². The first kappa shape index (κ1) is 19.9. The van der Waals surface area contributed by atoms with Crippen LogP contribution in [0.15, 0.2) is 29.1 Å². The third-order valence-electron chi connectivity index (χ3n) is 6.23. The van der Waals surface area contributed by atoms with Gasteiger partial charge in [-0.05, 0) is 30.9 Å². The van der Waals surface area contributed by atoms with E-state index in [0.717, 1.165) is 23.9 Å². The number of piperazine rings is 1. The Labute approximate surface area is 172 Å². The van der Waals surface area contributed by atoms with Crippen LogP contribution < -0.4 is 10.5 Å². The molecule has 6 heteroatoms. The maximum Gasteiger partial charge on any atom is 0.294 e. The van der Waals surface area contributed by atoms with Crippen LogP contribution in [-0.2, 0) is 11.3 Å². The smallest absolute Gasteiger partial charge is 0.294 e. The molecule has 1 saturated heterocycles. The number of hydrogen-bond donors (Lipinski definition) is 0. The van der Waals surface area contributed by atoms with Crippen LogP contribution in [0.25, 0.3) is 11.0 Å². The van der Waals surface area contributed by atoms with Gasteiger partial charge in [-0.3, -0.25) is 9.59 Å². The summed E-state index contributed by atoms with van der Waals surface area (Å²) in [5, 5.41) is 0. The maximum absolute atomic E-state index is 13.3. The molecule has 1 amide bonds. The summed E-state index contributed by atoms with van der Waals surface area (Å²) in [6, 6.07) is 7.86. The Morgan fingerprint density at radius 1 is 1.07 bits per heavy atom. The van der Waals surface area contributed by atoms with Gasteiger partial charge in [0.05, 0.1) is 11.0 Å². The van der Waals surface area contributed by atoms with E-state index < -0.39 is 0 Å². The van der Waals surface area contributed by atoms with Crippen molar-refractivity contribution in [3.05, 3.63) is 34.6 Å². The summed E-state index contributed by atoms with van der Waals surface area (Å²) in [5.74, 6) is 1.41. The van der Waals surface area contributed by atoms with Crippen molar-refractivity contribution in [2.45, 2.75) is 52.5 Å². The molecule has 1 saturated carbocycles. The second kappa shape index (κ2) is 8.56. The summed E-state index contributed by atoms with van der Waals surface area (Å²) in [4.78, 5) is 34.9. The van der Waals surface area contributed by atoms with Gasteiger partial charge in [-0.15, -0.1) is 0 Å². The highest BCUT2D eigenvalue weighted by Gasteiger charge is 2.29. The lowest BCUT2D eigenvalue weighted by Crippen LogP contribution is -2.52. The molecule has 2 heterocycles. The average Bonchev–Trinajstić information content (AvgIpc) is 2.75. The minimum Gasteiger partial charge on any atom is -0.348 e. The predicted octanol–water partition coefficient (Wildman–Crippen LogP) is 3.28. The van der Waals surface area contributed by atoms with Gasteiger partial charge < -0.3 is 14.4 Å². The monoisotopic (exact) mass is 396 g/mol. The van der Waals surface area contributed by atoms with Gasteiger partial charge in [-0.2, -0.15) is 0 Å². The lowest BCUT2D eigenvalue weighted by atomic mass is 9.88. The molecular formula is C23H32N4O2. The SMILES string of the molecule is CC(C)Cn1c(=O)c(N2CCN(C(=O)C3CCCCC3)CC2)nc2ccccc21. The molecule has 2 aromatic rings. The van der Waals surface area contributed by atoms with Crippen LogP contribution in [0.3, 0.4) is 0 Å². The molecular weight excluding hydrogens is 364 g/mol. The molecule has 0 unspecified atom stereocenters. The lowest BCUT2D eigenvalue weighted by Gasteiger charge is -2.37. The van der Waals surface area contributed by atoms with Crippen molar-refractivity contribution in [1.29, 1.82) is 0 Å². The Morgan fingerprint density at radius 2 is 1.76 bits per heavy atom. The maximum atomic E-state index is 13.3. The number of carbonyl (C=O) groups is 1. The molecule has 0 bridgehead atoms. The van der Waals surface area contributed by atoms with Gasteiger partial charge in [-0.1, -0.05) is 45.2 Å². The van der Waals surface area contributed by atoms with Crippen molar-refractivity contribution in [2.75, 3.05) is 31.1 Å². The number of anilines is 1. The zero-order chi connectivity index (χ0) is 20.4. The van der Waals surface area contributed by atoms with Crippen molar-refractivity contribution in [3.8, 4) is 0 Å². The number of amides is 1. The first-order chi connectivity index (χ1) is 14.0. The van der Waals surface area contributed by atoms with E-state index in [1.165, 1.54) is 19.3 Å². The molecule has 1 aromatic heterocycles. The third kappa shape index (κ3) is 4.16. The number of para-hydroxylation sites is 2. The zero-order valence-electron chi connectivity index (χ0n) is 17.6. The van der Waals surface area contributed by atoms with E-state index in [1.807, 2.05) is 33.7 Å². The van der Waals surface area contributed by atoms with E-state index in [-0.39, 0.29) is 11.5 Å². The average molecular weight is 397 g/mol. The van der Waals surface area contributed by atoms with E-state index in [9.17, 15) is 9.59 Å². The Hall–Kier alpha value is -2.37. The van der Waals surface area contributed by atoms with Crippen molar-refractivity contribution in [3.63, 3.8) is 0 Å². The van der Waals surface area contributed by atoms with Gasteiger partial charge in [-0.25, -0.2) is 4.98 Å². The van der Waals surface area contributed by atoms with Gasteiger partial charge in [0.1, 0.15) is 0 Å². The highest BCUT2D eigenvalue weighted by Crippen LogP contribution is 2.26. The number of aromatic nitrogens is 2. The number of hydrogen-bond acceptors (Lipinski definition) is 4. The highest BCUT2D eigenvalue weighted by molar-refractivity contribution is 5.79. The zero-order valence-corrected chi connectivity index (χ0v) is 17.6. The first-order valence-corrected chi connectivity index (χ1v) is 11.1. The summed E-state index contributed by atoms with van der Waals surface area (Å²) in [7, 11) is 0.